The second kappa shape index (κ2) is 7.09. The summed E-state index contributed by atoms with van der Waals surface area (Å²) in [4.78, 5) is 13.3. The van der Waals surface area contributed by atoms with Gasteiger partial charge in [0.2, 0.25) is 0 Å². The van der Waals surface area contributed by atoms with Gasteiger partial charge in [0.15, 0.2) is 0 Å². The second-order valence-corrected chi connectivity index (χ2v) is 6.08. The summed E-state index contributed by atoms with van der Waals surface area (Å²) in [6.45, 7) is 0.781. The molecule has 2 rings (SSSR count). The predicted octanol–water partition coefficient (Wildman–Crippen LogP) is 4.19. The van der Waals surface area contributed by atoms with E-state index in [1.807, 2.05) is 6.07 Å². The lowest BCUT2D eigenvalue weighted by Crippen LogP contribution is -2.30. The van der Waals surface area contributed by atoms with Gasteiger partial charge in [0.05, 0.1) is 5.56 Å². The molecular weight excluding hydrogens is 274 g/mol. The number of carboxylic acid groups (broad SMARTS) is 1. The zero-order chi connectivity index (χ0) is 14.5. The maximum absolute atomic E-state index is 10.9. The van der Waals surface area contributed by atoms with Crippen LogP contribution in [-0.2, 0) is 6.54 Å². The van der Waals surface area contributed by atoms with E-state index in [2.05, 4.69) is 11.9 Å². The van der Waals surface area contributed by atoms with Gasteiger partial charge in [-0.3, -0.25) is 4.90 Å². The van der Waals surface area contributed by atoms with Crippen LogP contribution in [0.1, 0.15) is 54.4 Å². The normalized spacial score (nSPS) is 17.1. The summed E-state index contributed by atoms with van der Waals surface area (Å²) >= 11 is 6.20. The third-order valence-corrected chi connectivity index (χ3v) is 4.52. The van der Waals surface area contributed by atoms with Crippen molar-refractivity contribution in [1.29, 1.82) is 0 Å². The molecule has 0 heterocycles. The standard InChI is InChI=1S/C16H22ClNO2/c1-18(14-6-4-2-3-5-7-14)11-13-9-8-12(16(19)20)10-15(13)17/h8-10,14H,2-7,11H2,1H3,(H,19,20). The number of aromatic carboxylic acids is 1. The Bertz CT molecular complexity index is 468. The van der Waals surface area contributed by atoms with Gasteiger partial charge in [0, 0.05) is 17.6 Å². The topological polar surface area (TPSA) is 40.5 Å². The van der Waals surface area contributed by atoms with Gasteiger partial charge in [-0.05, 0) is 37.6 Å². The molecule has 0 unspecified atom stereocenters. The average Bonchev–Trinajstić information content (AvgIpc) is 2.69. The van der Waals surface area contributed by atoms with Crippen molar-refractivity contribution in [2.24, 2.45) is 0 Å². The van der Waals surface area contributed by atoms with Gasteiger partial charge in [-0.15, -0.1) is 0 Å². The monoisotopic (exact) mass is 295 g/mol. The van der Waals surface area contributed by atoms with E-state index in [1.165, 1.54) is 38.5 Å². The van der Waals surface area contributed by atoms with E-state index >= 15 is 0 Å². The highest BCUT2D eigenvalue weighted by Gasteiger charge is 2.18. The van der Waals surface area contributed by atoms with Gasteiger partial charge in [0.1, 0.15) is 0 Å². The van der Waals surface area contributed by atoms with Crippen molar-refractivity contribution in [3.8, 4) is 0 Å². The molecule has 4 heteroatoms. The molecule has 0 spiro atoms. The molecule has 1 aliphatic carbocycles. The number of carbonyl (C=O) groups is 1. The van der Waals surface area contributed by atoms with Crippen LogP contribution in [0.15, 0.2) is 18.2 Å². The molecule has 0 bridgehead atoms. The quantitative estimate of drug-likeness (QED) is 0.847. The van der Waals surface area contributed by atoms with E-state index in [-0.39, 0.29) is 5.56 Å². The number of nitrogens with zero attached hydrogens (tertiary/aromatic N) is 1. The van der Waals surface area contributed by atoms with E-state index in [4.69, 9.17) is 16.7 Å². The molecular formula is C16H22ClNO2. The summed E-state index contributed by atoms with van der Waals surface area (Å²) in [7, 11) is 2.14. The fraction of sp³-hybridized carbons (Fsp3) is 0.562. The summed E-state index contributed by atoms with van der Waals surface area (Å²) in [5, 5.41) is 9.49. The molecule has 1 aromatic rings. The van der Waals surface area contributed by atoms with E-state index in [9.17, 15) is 4.79 Å². The minimum absolute atomic E-state index is 0.246. The number of hydrogen-bond acceptors (Lipinski definition) is 2. The lowest BCUT2D eigenvalue weighted by Gasteiger charge is -2.27. The first kappa shape index (κ1) is 15.3. The number of benzene rings is 1. The van der Waals surface area contributed by atoms with Gasteiger partial charge >= 0.3 is 5.97 Å². The number of halogens is 1. The molecule has 0 atom stereocenters. The van der Waals surface area contributed by atoms with Crippen molar-refractivity contribution in [2.75, 3.05) is 7.05 Å². The van der Waals surface area contributed by atoms with Gasteiger partial charge in [-0.1, -0.05) is 43.4 Å². The molecule has 110 valence electrons. The second-order valence-electron chi connectivity index (χ2n) is 5.67. The van der Waals surface area contributed by atoms with E-state index in [0.717, 1.165) is 12.1 Å². The van der Waals surface area contributed by atoms with Gasteiger partial charge in [-0.2, -0.15) is 0 Å². The van der Waals surface area contributed by atoms with Crippen molar-refractivity contribution in [1.82, 2.24) is 4.90 Å². The summed E-state index contributed by atoms with van der Waals surface area (Å²) in [5.74, 6) is -0.935. The van der Waals surface area contributed by atoms with Crippen LogP contribution in [0.3, 0.4) is 0 Å². The molecule has 0 radical (unpaired) electrons. The predicted molar refractivity (Wildman–Crippen MR) is 81.4 cm³/mol. The lowest BCUT2D eigenvalue weighted by molar-refractivity contribution is 0.0697. The van der Waals surface area contributed by atoms with Crippen LogP contribution >= 0.6 is 11.6 Å². The molecule has 0 amide bonds. The molecule has 1 fully saturated rings. The first-order valence-electron chi connectivity index (χ1n) is 7.30. The van der Waals surface area contributed by atoms with E-state index < -0.39 is 5.97 Å². The molecule has 1 N–H and O–H groups in total. The van der Waals surface area contributed by atoms with Crippen molar-refractivity contribution in [3.63, 3.8) is 0 Å². The zero-order valence-corrected chi connectivity index (χ0v) is 12.7. The Morgan fingerprint density at radius 1 is 1.30 bits per heavy atom. The van der Waals surface area contributed by atoms with Crippen LogP contribution in [0, 0.1) is 0 Å². The smallest absolute Gasteiger partial charge is 0.335 e. The fourth-order valence-electron chi connectivity index (χ4n) is 2.90. The van der Waals surface area contributed by atoms with Crippen LogP contribution in [0.2, 0.25) is 5.02 Å². The third kappa shape index (κ3) is 3.97. The number of hydrogen-bond donors (Lipinski definition) is 1. The Labute approximate surface area is 125 Å². The first-order chi connectivity index (χ1) is 9.58. The molecule has 0 saturated heterocycles. The molecule has 1 aliphatic rings. The lowest BCUT2D eigenvalue weighted by atomic mass is 10.1. The summed E-state index contributed by atoms with van der Waals surface area (Å²) in [6, 6.07) is 5.62. The Morgan fingerprint density at radius 3 is 2.50 bits per heavy atom. The summed E-state index contributed by atoms with van der Waals surface area (Å²) < 4.78 is 0. The first-order valence-corrected chi connectivity index (χ1v) is 7.67. The summed E-state index contributed by atoms with van der Waals surface area (Å²) in [5.41, 5.74) is 1.25. The molecule has 20 heavy (non-hydrogen) atoms. The van der Waals surface area contributed by atoms with Crippen molar-refractivity contribution < 1.29 is 9.90 Å². The highest BCUT2D eigenvalue weighted by atomic mass is 35.5. The van der Waals surface area contributed by atoms with Crippen LogP contribution < -0.4 is 0 Å². The SMILES string of the molecule is CN(Cc1ccc(C(=O)O)cc1Cl)C1CCCCCC1. The fourth-order valence-corrected chi connectivity index (χ4v) is 3.15. The summed E-state index contributed by atoms with van der Waals surface area (Å²) in [6.07, 6.45) is 7.81. The minimum atomic E-state index is -0.935. The minimum Gasteiger partial charge on any atom is -0.478 e. The molecule has 1 saturated carbocycles. The molecule has 3 nitrogen and oxygen atoms in total. The van der Waals surface area contributed by atoms with Crippen LogP contribution in [0.5, 0.6) is 0 Å². The Balaban J connectivity index is 2.03. The van der Waals surface area contributed by atoms with Crippen LogP contribution in [0.4, 0.5) is 0 Å². The molecule has 1 aromatic carbocycles. The third-order valence-electron chi connectivity index (χ3n) is 4.17. The molecule has 0 aliphatic heterocycles. The van der Waals surface area contributed by atoms with Crippen molar-refractivity contribution >= 4 is 17.6 Å². The van der Waals surface area contributed by atoms with Gasteiger partial charge in [0.25, 0.3) is 0 Å². The Morgan fingerprint density at radius 2 is 1.95 bits per heavy atom. The van der Waals surface area contributed by atoms with Crippen molar-refractivity contribution in [2.45, 2.75) is 51.1 Å². The van der Waals surface area contributed by atoms with Crippen LogP contribution in [0.25, 0.3) is 0 Å². The largest absolute Gasteiger partial charge is 0.478 e. The maximum Gasteiger partial charge on any atom is 0.335 e. The average molecular weight is 296 g/mol. The Hall–Kier alpha value is -1.06. The zero-order valence-electron chi connectivity index (χ0n) is 11.9. The van der Waals surface area contributed by atoms with Gasteiger partial charge < -0.3 is 5.11 Å². The maximum atomic E-state index is 10.9. The number of rotatable bonds is 4. The van der Waals surface area contributed by atoms with Gasteiger partial charge in [-0.25, -0.2) is 4.79 Å². The highest BCUT2D eigenvalue weighted by molar-refractivity contribution is 6.31. The number of carboxylic acids is 1. The van der Waals surface area contributed by atoms with E-state index in [1.54, 1.807) is 12.1 Å². The van der Waals surface area contributed by atoms with Crippen molar-refractivity contribution in [3.05, 3.63) is 34.3 Å². The molecule has 0 aromatic heterocycles. The van der Waals surface area contributed by atoms with Crippen LogP contribution in [-0.4, -0.2) is 29.1 Å². The van der Waals surface area contributed by atoms with E-state index in [0.29, 0.717) is 11.1 Å². The Kier molecular flexibility index (Phi) is 5.44. The highest BCUT2D eigenvalue weighted by Crippen LogP contribution is 2.25.